The fourth-order valence-electron chi connectivity index (χ4n) is 2.85. The molecule has 0 saturated heterocycles. The molecule has 0 spiro atoms. The number of aromatic nitrogens is 2. The van der Waals surface area contributed by atoms with Gasteiger partial charge in [0.25, 0.3) is 0 Å². The van der Waals surface area contributed by atoms with Crippen molar-refractivity contribution in [1.29, 1.82) is 0 Å². The van der Waals surface area contributed by atoms with Crippen LogP contribution in [0.15, 0.2) is 24.5 Å². The Morgan fingerprint density at radius 3 is 2.81 bits per heavy atom. The highest BCUT2D eigenvalue weighted by Gasteiger charge is 2.34. The van der Waals surface area contributed by atoms with E-state index in [1.165, 1.54) is 18.5 Å². The van der Waals surface area contributed by atoms with E-state index in [0.29, 0.717) is 23.5 Å². The lowest BCUT2D eigenvalue weighted by Crippen LogP contribution is -2.25. The molecule has 6 nitrogen and oxygen atoms in total. The predicted octanol–water partition coefficient (Wildman–Crippen LogP) is 3.22. The van der Waals surface area contributed by atoms with Crippen molar-refractivity contribution in [3.8, 4) is 5.88 Å². The lowest BCUT2D eigenvalue weighted by molar-refractivity contribution is -0.154. The summed E-state index contributed by atoms with van der Waals surface area (Å²) in [7, 11) is 0. The van der Waals surface area contributed by atoms with E-state index in [9.17, 15) is 18.3 Å². The largest absolute Gasteiger partial charge is 0.467 e. The zero-order chi connectivity index (χ0) is 19.1. The van der Waals surface area contributed by atoms with Crippen LogP contribution in [0.25, 0.3) is 0 Å². The minimum absolute atomic E-state index is 0.0361. The Balaban J connectivity index is 1.78. The summed E-state index contributed by atoms with van der Waals surface area (Å²) in [5, 5.41) is 10.5. The monoisotopic (exact) mass is 388 g/mol. The number of nitrogen functional groups attached to an aromatic ring is 1. The Kier molecular flexibility index (Phi) is 4.96. The van der Waals surface area contributed by atoms with Crippen molar-refractivity contribution >= 4 is 17.4 Å². The van der Waals surface area contributed by atoms with Crippen LogP contribution in [0.2, 0.25) is 5.02 Å². The van der Waals surface area contributed by atoms with Crippen LogP contribution in [-0.2, 0) is 6.54 Å². The summed E-state index contributed by atoms with van der Waals surface area (Å²) < 4.78 is 41.3. The number of anilines is 1. The summed E-state index contributed by atoms with van der Waals surface area (Å²) in [6.07, 6.45) is -2.46. The van der Waals surface area contributed by atoms with Crippen LogP contribution in [0.5, 0.6) is 5.88 Å². The molecule has 140 valence electrons. The molecule has 2 unspecified atom stereocenters. The third kappa shape index (κ3) is 3.69. The molecule has 3 heterocycles. The zero-order valence-corrected chi connectivity index (χ0v) is 14.4. The van der Waals surface area contributed by atoms with E-state index in [0.717, 1.165) is 5.56 Å². The molecule has 2 aromatic heterocycles. The Bertz CT molecular complexity index is 819. The van der Waals surface area contributed by atoms with E-state index >= 15 is 0 Å². The lowest BCUT2D eigenvalue weighted by Gasteiger charge is -2.28. The second-order valence-electron chi connectivity index (χ2n) is 5.95. The average Bonchev–Trinajstić information content (AvgIpc) is 2.91. The Labute approximate surface area is 152 Å². The molecule has 0 aliphatic carbocycles. The molecular weight excluding hydrogens is 373 g/mol. The van der Waals surface area contributed by atoms with Crippen molar-refractivity contribution in [2.24, 2.45) is 0 Å². The summed E-state index contributed by atoms with van der Waals surface area (Å²) >= 11 is 5.99. The van der Waals surface area contributed by atoms with Gasteiger partial charge in [0.15, 0.2) is 6.61 Å². The van der Waals surface area contributed by atoms with Crippen molar-refractivity contribution in [2.75, 3.05) is 12.3 Å². The number of aliphatic hydroxyl groups excluding tert-OH is 1. The van der Waals surface area contributed by atoms with Crippen LogP contribution in [-0.4, -0.2) is 32.8 Å². The van der Waals surface area contributed by atoms with Crippen molar-refractivity contribution < 1.29 is 23.0 Å². The van der Waals surface area contributed by atoms with E-state index in [-0.39, 0.29) is 16.9 Å². The number of alkyl halides is 3. The maximum Gasteiger partial charge on any atom is 0.422 e. The summed E-state index contributed by atoms with van der Waals surface area (Å²) in [4.78, 5) is 9.64. The number of halogens is 4. The minimum Gasteiger partial charge on any atom is -0.467 e. The maximum absolute atomic E-state index is 12.2. The number of nitrogens with two attached hydrogens (primary N) is 1. The molecule has 10 heteroatoms. The first-order valence-corrected chi connectivity index (χ1v) is 8.07. The second kappa shape index (κ2) is 6.90. The Hall–Kier alpha value is -2.10. The van der Waals surface area contributed by atoms with Gasteiger partial charge in [-0.15, -0.1) is 0 Å². The topological polar surface area (TPSA) is 84.5 Å². The number of rotatable bonds is 4. The lowest BCUT2D eigenvalue weighted by atomic mass is 10.1. The summed E-state index contributed by atoms with van der Waals surface area (Å²) in [5.41, 5.74) is 7.90. The molecule has 3 N–H and O–H groups in total. The molecule has 2 aromatic rings. The van der Waals surface area contributed by atoms with E-state index in [1.807, 2.05) is 6.92 Å². The molecule has 0 amide bonds. The summed E-state index contributed by atoms with van der Waals surface area (Å²) in [6.45, 7) is 0.727. The average molecular weight is 389 g/mol. The van der Waals surface area contributed by atoms with Crippen molar-refractivity contribution in [3.05, 3.63) is 46.2 Å². The fraction of sp³-hybridized carbons (Fsp3) is 0.375. The highest BCUT2D eigenvalue weighted by atomic mass is 35.5. The molecule has 3 rings (SSSR count). The summed E-state index contributed by atoms with van der Waals surface area (Å²) in [5.74, 6) is 0.0574. The first-order chi connectivity index (χ1) is 12.2. The minimum atomic E-state index is -4.48. The molecule has 0 saturated carbocycles. The van der Waals surface area contributed by atoms with Gasteiger partial charge in [-0.3, -0.25) is 4.90 Å². The van der Waals surface area contributed by atoms with Crippen LogP contribution < -0.4 is 10.5 Å². The van der Waals surface area contributed by atoms with Gasteiger partial charge in [0.1, 0.15) is 17.1 Å². The highest BCUT2D eigenvalue weighted by Crippen LogP contribution is 2.40. The van der Waals surface area contributed by atoms with Crippen molar-refractivity contribution in [2.45, 2.75) is 31.9 Å². The van der Waals surface area contributed by atoms with Crippen LogP contribution in [0.3, 0.4) is 0 Å². The molecule has 26 heavy (non-hydrogen) atoms. The smallest absolute Gasteiger partial charge is 0.422 e. The van der Waals surface area contributed by atoms with Gasteiger partial charge in [-0.1, -0.05) is 11.6 Å². The fourth-order valence-corrected chi connectivity index (χ4v) is 3.08. The van der Waals surface area contributed by atoms with Gasteiger partial charge in [0.05, 0.1) is 0 Å². The van der Waals surface area contributed by atoms with Crippen LogP contribution >= 0.6 is 11.6 Å². The Morgan fingerprint density at radius 1 is 1.46 bits per heavy atom. The van der Waals surface area contributed by atoms with Crippen molar-refractivity contribution in [3.63, 3.8) is 0 Å². The number of pyridine rings is 2. The van der Waals surface area contributed by atoms with Crippen LogP contribution in [0.1, 0.15) is 35.9 Å². The number of hydrogen-bond donors (Lipinski definition) is 2. The predicted molar refractivity (Wildman–Crippen MR) is 88.4 cm³/mol. The van der Waals surface area contributed by atoms with Crippen LogP contribution in [0.4, 0.5) is 19.0 Å². The standard InChI is InChI=1S/C16H16ClF3N4O2/c1-8(24-6-11-10(15(24)25)2-3-22-13(11)21)9-4-12(17)14(23-5-9)26-7-16(18,19)20/h2-5,8,15,25H,6-7H2,1H3,(H2,21,22). The third-order valence-corrected chi connectivity index (χ3v) is 4.51. The van der Waals surface area contributed by atoms with E-state index < -0.39 is 19.0 Å². The highest BCUT2D eigenvalue weighted by molar-refractivity contribution is 6.31. The maximum atomic E-state index is 12.2. The molecule has 0 radical (unpaired) electrons. The molecule has 1 aliphatic heterocycles. The molecular formula is C16H16ClF3N4O2. The van der Waals surface area contributed by atoms with Crippen molar-refractivity contribution in [1.82, 2.24) is 14.9 Å². The third-order valence-electron chi connectivity index (χ3n) is 4.24. The quantitative estimate of drug-likeness (QED) is 0.836. The van der Waals surface area contributed by atoms with Crippen LogP contribution in [0, 0.1) is 0 Å². The Morgan fingerprint density at radius 2 is 2.19 bits per heavy atom. The molecule has 0 aromatic carbocycles. The number of hydrogen-bond acceptors (Lipinski definition) is 6. The van der Waals surface area contributed by atoms with Gasteiger partial charge < -0.3 is 15.6 Å². The number of ether oxygens (including phenoxy) is 1. The summed E-state index contributed by atoms with van der Waals surface area (Å²) in [6, 6.07) is 2.85. The van der Waals surface area contributed by atoms with Gasteiger partial charge >= 0.3 is 6.18 Å². The van der Waals surface area contributed by atoms with Gasteiger partial charge in [-0.05, 0) is 24.6 Å². The number of aliphatic hydroxyl groups is 1. The molecule has 2 atom stereocenters. The second-order valence-corrected chi connectivity index (χ2v) is 6.35. The number of nitrogens with zero attached hydrogens (tertiary/aromatic N) is 3. The van der Waals surface area contributed by atoms with Gasteiger partial charge in [0.2, 0.25) is 5.88 Å². The molecule has 0 fully saturated rings. The molecule has 0 bridgehead atoms. The van der Waals surface area contributed by atoms with E-state index in [1.54, 1.807) is 11.0 Å². The SMILES string of the molecule is CC(c1cnc(OCC(F)(F)F)c(Cl)c1)N1Cc2c(ccnc2N)C1O. The first-order valence-electron chi connectivity index (χ1n) is 7.69. The zero-order valence-electron chi connectivity index (χ0n) is 13.7. The normalized spacial score (nSPS) is 18.6. The van der Waals surface area contributed by atoms with Gasteiger partial charge in [-0.25, -0.2) is 9.97 Å². The van der Waals surface area contributed by atoms with Gasteiger partial charge in [-0.2, -0.15) is 13.2 Å². The van der Waals surface area contributed by atoms with Gasteiger partial charge in [0, 0.05) is 36.1 Å². The first kappa shape index (κ1) is 18.7. The number of fused-ring (bicyclic) bond motifs is 1. The van der Waals surface area contributed by atoms with E-state index in [2.05, 4.69) is 14.7 Å². The van der Waals surface area contributed by atoms with E-state index in [4.69, 9.17) is 17.3 Å². The molecule has 1 aliphatic rings.